The van der Waals surface area contributed by atoms with Gasteiger partial charge in [0, 0.05) is 12.6 Å². The molecule has 0 atom stereocenters. The number of rotatable bonds is 6. The number of nitrogens with zero attached hydrogens (tertiary/aromatic N) is 2. The Morgan fingerprint density at radius 2 is 2.05 bits per heavy atom. The highest BCUT2D eigenvalue weighted by Gasteiger charge is 2.12. The largest absolute Gasteiger partial charge is 0.494 e. The van der Waals surface area contributed by atoms with E-state index in [0.29, 0.717) is 6.61 Å². The minimum atomic E-state index is 0.653. The lowest BCUT2D eigenvalue weighted by Crippen LogP contribution is -2.05. The molecule has 5 heteroatoms. The molecule has 0 fully saturated rings. The van der Waals surface area contributed by atoms with Crippen LogP contribution in [0.1, 0.15) is 26.0 Å². The van der Waals surface area contributed by atoms with Gasteiger partial charge in [-0.25, -0.2) is 9.97 Å². The van der Waals surface area contributed by atoms with E-state index in [4.69, 9.17) is 9.72 Å². The topological polar surface area (TPSA) is 47.0 Å². The van der Waals surface area contributed by atoms with Crippen LogP contribution in [-0.4, -0.2) is 23.6 Å². The van der Waals surface area contributed by atoms with Crippen LogP contribution in [0.25, 0.3) is 11.4 Å². The molecule has 1 heterocycles. The summed E-state index contributed by atoms with van der Waals surface area (Å²) in [6.45, 7) is 4.79. The van der Waals surface area contributed by atoms with Gasteiger partial charge in [-0.15, -0.1) is 0 Å². The first-order valence-corrected chi connectivity index (χ1v) is 8.24. The second-order valence-electron chi connectivity index (χ2n) is 4.62. The average Bonchev–Trinajstić information content (AvgIpc) is 2.50. The molecule has 0 spiro atoms. The maximum absolute atomic E-state index is 5.55. The van der Waals surface area contributed by atoms with E-state index in [0.717, 1.165) is 45.1 Å². The summed E-state index contributed by atoms with van der Waals surface area (Å²) in [5, 5.41) is 3.15. The summed E-state index contributed by atoms with van der Waals surface area (Å²) in [7, 11) is 1.89. The Bertz CT molecular complexity index is 616. The van der Waals surface area contributed by atoms with Gasteiger partial charge in [0.05, 0.1) is 15.9 Å². The van der Waals surface area contributed by atoms with Gasteiger partial charge in [-0.05, 0) is 48.1 Å². The van der Waals surface area contributed by atoms with Gasteiger partial charge in [0.2, 0.25) is 0 Å². The molecule has 0 saturated heterocycles. The lowest BCUT2D eigenvalue weighted by Gasteiger charge is -2.11. The molecule has 0 aliphatic rings. The minimum Gasteiger partial charge on any atom is -0.494 e. The molecule has 112 valence electrons. The van der Waals surface area contributed by atoms with Gasteiger partial charge < -0.3 is 10.1 Å². The third kappa shape index (κ3) is 3.84. The maximum Gasteiger partial charge on any atom is 0.161 e. The van der Waals surface area contributed by atoms with Crippen LogP contribution in [0, 0.1) is 3.57 Å². The minimum absolute atomic E-state index is 0.653. The van der Waals surface area contributed by atoms with Gasteiger partial charge >= 0.3 is 0 Å². The molecule has 1 N–H and O–H groups in total. The highest BCUT2D eigenvalue weighted by atomic mass is 127. The van der Waals surface area contributed by atoms with Gasteiger partial charge in [0.1, 0.15) is 11.6 Å². The Morgan fingerprint density at radius 1 is 1.24 bits per heavy atom. The Hall–Kier alpha value is -1.37. The average molecular weight is 397 g/mol. The highest BCUT2D eigenvalue weighted by molar-refractivity contribution is 14.1. The second kappa shape index (κ2) is 7.59. The number of hydrogen-bond acceptors (Lipinski definition) is 4. The number of aryl methyl sites for hydroxylation is 1. The number of hydrogen-bond donors (Lipinski definition) is 1. The smallest absolute Gasteiger partial charge is 0.161 e. The van der Waals surface area contributed by atoms with Crippen molar-refractivity contribution in [3.8, 4) is 17.1 Å². The van der Waals surface area contributed by atoms with Gasteiger partial charge in [-0.3, -0.25) is 0 Å². The Morgan fingerprint density at radius 3 is 2.71 bits per heavy atom. The van der Waals surface area contributed by atoms with Gasteiger partial charge in [0.15, 0.2) is 5.82 Å². The second-order valence-corrected chi connectivity index (χ2v) is 5.70. The van der Waals surface area contributed by atoms with Crippen molar-refractivity contribution in [2.75, 3.05) is 19.0 Å². The molecule has 0 radical (unpaired) electrons. The summed E-state index contributed by atoms with van der Waals surface area (Å²) in [4.78, 5) is 9.35. The van der Waals surface area contributed by atoms with Gasteiger partial charge in [-0.2, -0.15) is 0 Å². The number of ether oxygens (including phenoxy) is 1. The zero-order valence-electron chi connectivity index (χ0n) is 12.6. The summed E-state index contributed by atoms with van der Waals surface area (Å²) >= 11 is 2.31. The van der Waals surface area contributed by atoms with Crippen LogP contribution in [0.3, 0.4) is 0 Å². The third-order valence-electron chi connectivity index (χ3n) is 3.05. The molecule has 1 aromatic carbocycles. The van der Waals surface area contributed by atoms with E-state index in [2.05, 4.69) is 39.8 Å². The quantitative estimate of drug-likeness (QED) is 0.745. The van der Waals surface area contributed by atoms with Crippen LogP contribution < -0.4 is 10.1 Å². The molecule has 2 aromatic rings. The number of aromatic nitrogens is 2. The first-order chi connectivity index (χ1) is 10.2. The van der Waals surface area contributed by atoms with E-state index >= 15 is 0 Å². The van der Waals surface area contributed by atoms with Gasteiger partial charge in [0.25, 0.3) is 0 Å². The summed E-state index contributed by atoms with van der Waals surface area (Å²) in [5.74, 6) is 2.47. The van der Waals surface area contributed by atoms with Crippen LogP contribution >= 0.6 is 22.6 Å². The number of benzene rings is 1. The van der Waals surface area contributed by atoms with Gasteiger partial charge in [-0.1, -0.05) is 25.5 Å². The summed E-state index contributed by atoms with van der Waals surface area (Å²) < 4.78 is 6.65. The molecule has 0 amide bonds. The lowest BCUT2D eigenvalue weighted by atomic mass is 10.2. The van der Waals surface area contributed by atoms with E-state index < -0.39 is 0 Å². The first-order valence-electron chi connectivity index (χ1n) is 7.17. The van der Waals surface area contributed by atoms with Crippen LogP contribution in [0.5, 0.6) is 5.75 Å². The molecule has 4 nitrogen and oxygen atoms in total. The Kier molecular flexibility index (Phi) is 5.78. The summed E-state index contributed by atoms with van der Waals surface area (Å²) in [6.07, 6.45) is 2.02. The molecule has 0 unspecified atom stereocenters. The lowest BCUT2D eigenvalue weighted by molar-refractivity contribution is 0.340. The van der Waals surface area contributed by atoms with Crippen molar-refractivity contribution in [2.45, 2.75) is 26.7 Å². The van der Waals surface area contributed by atoms with Crippen molar-refractivity contribution >= 4 is 28.4 Å². The highest BCUT2D eigenvalue weighted by Crippen LogP contribution is 2.26. The molecule has 0 saturated carbocycles. The number of halogens is 1. The van der Waals surface area contributed by atoms with E-state index in [1.54, 1.807) is 0 Å². The van der Waals surface area contributed by atoms with E-state index in [-0.39, 0.29) is 0 Å². The molecule has 1 aromatic heterocycles. The number of anilines is 1. The van der Waals surface area contributed by atoms with E-state index in [9.17, 15) is 0 Å². The SMILES string of the molecule is CCCc1nc(-c2cccc(OCC)c2)nc(NC)c1I. The Labute approximate surface area is 139 Å². The summed E-state index contributed by atoms with van der Waals surface area (Å²) in [5.41, 5.74) is 2.07. The number of nitrogens with one attached hydrogen (secondary N) is 1. The van der Waals surface area contributed by atoms with Crippen molar-refractivity contribution < 1.29 is 4.74 Å². The third-order valence-corrected chi connectivity index (χ3v) is 4.18. The fourth-order valence-corrected chi connectivity index (χ4v) is 2.86. The van der Waals surface area contributed by atoms with Crippen LogP contribution in [0.15, 0.2) is 24.3 Å². The fraction of sp³-hybridized carbons (Fsp3) is 0.375. The van der Waals surface area contributed by atoms with Crippen LogP contribution in [0.2, 0.25) is 0 Å². The molecule has 0 bridgehead atoms. The van der Waals surface area contributed by atoms with Crippen molar-refractivity contribution in [3.63, 3.8) is 0 Å². The summed E-state index contributed by atoms with van der Waals surface area (Å²) in [6, 6.07) is 7.92. The molecular formula is C16H20IN3O. The maximum atomic E-state index is 5.55. The Balaban J connectivity index is 2.47. The molecular weight excluding hydrogens is 377 g/mol. The standard InChI is InChI=1S/C16H20IN3O/c1-4-7-13-14(17)16(18-3)20-15(19-13)11-8-6-9-12(10-11)21-5-2/h6,8-10H,4-5,7H2,1-3H3,(H,18,19,20). The zero-order chi connectivity index (χ0) is 15.2. The van der Waals surface area contributed by atoms with Crippen LogP contribution in [-0.2, 0) is 6.42 Å². The predicted molar refractivity (Wildman–Crippen MR) is 94.9 cm³/mol. The monoisotopic (exact) mass is 397 g/mol. The van der Waals surface area contributed by atoms with Crippen molar-refractivity contribution in [1.82, 2.24) is 9.97 Å². The molecule has 2 rings (SSSR count). The predicted octanol–water partition coefficient (Wildman–Crippen LogP) is 4.14. The van der Waals surface area contributed by atoms with Crippen molar-refractivity contribution in [3.05, 3.63) is 33.5 Å². The molecule has 0 aliphatic carbocycles. The molecule has 21 heavy (non-hydrogen) atoms. The first kappa shape index (κ1) is 16.0. The van der Waals surface area contributed by atoms with E-state index in [1.165, 1.54) is 0 Å². The zero-order valence-corrected chi connectivity index (χ0v) is 14.8. The van der Waals surface area contributed by atoms with Crippen molar-refractivity contribution in [1.29, 1.82) is 0 Å². The van der Waals surface area contributed by atoms with Crippen LogP contribution in [0.4, 0.5) is 5.82 Å². The molecule has 0 aliphatic heterocycles. The normalized spacial score (nSPS) is 10.5. The van der Waals surface area contributed by atoms with Crippen molar-refractivity contribution in [2.24, 2.45) is 0 Å². The fourth-order valence-electron chi connectivity index (χ4n) is 2.08. The van der Waals surface area contributed by atoms with E-state index in [1.807, 2.05) is 38.2 Å².